The number of thioether (sulfide) groups is 1. The van der Waals surface area contributed by atoms with Crippen LogP contribution in [0.15, 0.2) is 4.99 Å². The van der Waals surface area contributed by atoms with E-state index >= 15 is 0 Å². The standard InChI is InChI=1S/C7H13NS/c1-3-4-7-8-6(2)5-9-7/h6H,3-5H2,1-2H3/t6-/m1/s1. The first-order valence-corrected chi connectivity index (χ1v) is 4.51. The second-order valence-corrected chi connectivity index (χ2v) is 3.53. The summed E-state index contributed by atoms with van der Waals surface area (Å²) in [6.07, 6.45) is 2.42. The predicted molar refractivity (Wildman–Crippen MR) is 44.3 cm³/mol. The van der Waals surface area contributed by atoms with Crippen molar-refractivity contribution in [2.75, 3.05) is 5.75 Å². The van der Waals surface area contributed by atoms with Crippen molar-refractivity contribution in [3.05, 3.63) is 0 Å². The molecular formula is C7H13NS. The minimum atomic E-state index is 0.580. The summed E-state index contributed by atoms with van der Waals surface area (Å²) in [7, 11) is 0. The van der Waals surface area contributed by atoms with Gasteiger partial charge in [-0.05, 0) is 13.3 Å². The summed E-state index contributed by atoms with van der Waals surface area (Å²) in [6, 6.07) is 0.580. The van der Waals surface area contributed by atoms with Crippen LogP contribution in [0.25, 0.3) is 0 Å². The summed E-state index contributed by atoms with van der Waals surface area (Å²) >= 11 is 1.93. The molecule has 1 nitrogen and oxygen atoms in total. The fraction of sp³-hybridized carbons (Fsp3) is 0.857. The van der Waals surface area contributed by atoms with Crippen LogP contribution in [0.5, 0.6) is 0 Å². The average molecular weight is 143 g/mol. The van der Waals surface area contributed by atoms with Crippen LogP contribution in [-0.4, -0.2) is 16.8 Å². The first-order chi connectivity index (χ1) is 4.33. The van der Waals surface area contributed by atoms with Crippen molar-refractivity contribution in [3.63, 3.8) is 0 Å². The van der Waals surface area contributed by atoms with Gasteiger partial charge in [-0.25, -0.2) is 0 Å². The van der Waals surface area contributed by atoms with E-state index in [2.05, 4.69) is 18.8 Å². The van der Waals surface area contributed by atoms with Gasteiger partial charge in [0.15, 0.2) is 0 Å². The summed E-state index contributed by atoms with van der Waals surface area (Å²) in [5.41, 5.74) is 0. The molecule has 0 radical (unpaired) electrons. The molecule has 2 heteroatoms. The van der Waals surface area contributed by atoms with Crippen molar-refractivity contribution < 1.29 is 0 Å². The van der Waals surface area contributed by atoms with Crippen LogP contribution in [0.2, 0.25) is 0 Å². The van der Waals surface area contributed by atoms with Crippen molar-refractivity contribution in [2.24, 2.45) is 4.99 Å². The summed E-state index contributed by atoms with van der Waals surface area (Å²) in [6.45, 7) is 4.38. The van der Waals surface area contributed by atoms with E-state index in [9.17, 15) is 0 Å². The normalized spacial score (nSPS) is 26.4. The lowest BCUT2D eigenvalue weighted by Gasteiger charge is -1.91. The van der Waals surface area contributed by atoms with E-state index < -0.39 is 0 Å². The third-order valence-electron chi connectivity index (χ3n) is 1.32. The Morgan fingerprint density at radius 2 is 2.56 bits per heavy atom. The highest BCUT2D eigenvalue weighted by Gasteiger charge is 2.11. The third-order valence-corrected chi connectivity index (χ3v) is 2.61. The maximum absolute atomic E-state index is 4.46. The average Bonchev–Trinajstić information content (AvgIpc) is 2.17. The molecule has 0 aliphatic carbocycles. The second kappa shape index (κ2) is 3.25. The predicted octanol–water partition coefficient (Wildman–Crippen LogP) is 2.32. The van der Waals surface area contributed by atoms with Crippen LogP contribution >= 0.6 is 11.8 Å². The summed E-state index contributed by atoms with van der Waals surface area (Å²) in [5.74, 6) is 1.20. The van der Waals surface area contributed by atoms with Gasteiger partial charge in [-0.3, -0.25) is 4.99 Å². The van der Waals surface area contributed by atoms with E-state index in [4.69, 9.17) is 0 Å². The molecule has 0 spiro atoms. The molecule has 0 unspecified atom stereocenters. The Morgan fingerprint density at radius 3 is 3.00 bits per heavy atom. The highest BCUT2D eigenvalue weighted by Crippen LogP contribution is 2.20. The molecule has 1 aliphatic heterocycles. The number of aliphatic imine (C=N–C) groups is 1. The minimum absolute atomic E-state index is 0.580. The van der Waals surface area contributed by atoms with Gasteiger partial charge < -0.3 is 0 Å². The fourth-order valence-electron chi connectivity index (χ4n) is 0.888. The van der Waals surface area contributed by atoms with E-state index in [1.165, 1.54) is 23.6 Å². The van der Waals surface area contributed by atoms with Gasteiger partial charge in [-0.15, -0.1) is 11.8 Å². The second-order valence-electron chi connectivity index (χ2n) is 2.43. The van der Waals surface area contributed by atoms with Gasteiger partial charge in [0.05, 0.1) is 11.1 Å². The quantitative estimate of drug-likeness (QED) is 0.578. The van der Waals surface area contributed by atoms with Crippen LogP contribution < -0.4 is 0 Å². The maximum atomic E-state index is 4.46. The smallest absolute Gasteiger partial charge is 0.0680 e. The molecule has 0 saturated carbocycles. The third kappa shape index (κ3) is 2.01. The summed E-state index contributed by atoms with van der Waals surface area (Å²) in [4.78, 5) is 4.46. The Balaban J connectivity index is 2.33. The highest BCUT2D eigenvalue weighted by atomic mass is 32.2. The van der Waals surface area contributed by atoms with E-state index in [1.807, 2.05) is 11.8 Å². The Kier molecular flexibility index (Phi) is 2.58. The summed E-state index contributed by atoms with van der Waals surface area (Å²) < 4.78 is 0. The Hall–Kier alpha value is 0.0200. The molecule has 0 N–H and O–H groups in total. The van der Waals surface area contributed by atoms with Crippen LogP contribution in [0.1, 0.15) is 26.7 Å². The van der Waals surface area contributed by atoms with Crippen molar-refractivity contribution in [1.29, 1.82) is 0 Å². The Labute approximate surface area is 60.9 Å². The highest BCUT2D eigenvalue weighted by molar-refractivity contribution is 8.14. The van der Waals surface area contributed by atoms with E-state index in [0.717, 1.165) is 0 Å². The van der Waals surface area contributed by atoms with Gasteiger partial charge in [0, 0.05) is 5.75 Å². The van der Waals surface area contributed by atoms with Crippen molar-refractivity contribution in [1.82, 2.24) is 0 Å². The lowest BCUT2D eigenvalue weighted by Crippen LogP contribution is -1.92. The number of hydrogen-bond acceptors (Lipinski definition) is 2. The Morgan fingerprint density at radius 1 is 1.78 bits per heavy atom. The molecular weight excluding hydrogens is 130 g/mol. The van der Waals surface area contributed by atoms with Crippen LogP contribution in [0.4, 0.5) is 0 Å². The zero-order valence-electron chi connectivity index (χ0n) is 6.05. The van der Waals surface area contributed by atoms with Gasteiger partial charge in [0.2, 0.25) is 0 Å². The van der Waals surface area contributed by atoms with E-state index in [1.54, 1.807) is 0 Å². The van der Waals surface area contributed by atoms with Crippen LogP contribution in [0, 0.1) is 0 Å². The molecule has 0 aromatic heterocycles. The van der Waals surface area contributed by atoms with Gasteiger partial charge in [-0.2, -0.15) is 0 Å². The van der Waals surface area contributed by atoms with Crippen LogP contribution in [0.3, 0.4) is 0 Å². The lowest BCUT2D eigenvalue weighted by molar-refractivity contribution is 0.857. The first kappa shape index (κ1) is 7.13. The molecule has 0 fully saturated rings. The molecule has 0 aromatic carbocycles. The largest absolute Gasteiger partial charge is 0.279 e. The lowest BCUT2D eigenvalue weighted by atomic mass is 10.3. The zero-order valence-corrected chi connectivity index (χ0v) is 6.87. The van der Waals surface area contributed by atoms with Crippen molar-refractivity contribution in [3.8, 4) is 0 Å². The monoisotopic (exact) mass is 143 g/mol. The number of nitrogens with zero attached hydrogens (tertiary/aromatic N) is 1. The van der Waals surface area contributed by atoms with E-state index in [0.29, 0.717) is 6.04 Å². The molecule has 9 heavy (non-hydrogen) atoms. The van der Waals surface area contributed by atoms with Gasteiger partial charge >= 0.3 is 0 Å². The number of hydrogen-bond donors (Lipinski definition) is 0. The summed E-state index contributed by atoms with van der Waals surface area (Å²) in [5, 5.41) is 1.37. The SMILES string of the molecule is CCCC1=N[C@H](C)CS1. The van der Waals surface area contributed by atoms with Crippen molar-refractivity contribution >= 4 is 16.8 Å². The first-order valence-electron chi connectivity index (χ1n) is 3.52. The Bertz CT molecular complexity index is 120. The molecule has 52 valence electrons. The van der Waals surface area contributed by atoms with Gasteiger partial charge in [0.25, 0.3) is 0 Å². The maximum Gasteiger partial charge on any atom is 0.0680 e. The molecule has 1 aliphatic rings. The minimum Gasteiger partial charge on any atom is -0.279 e. The van der Waals surface area contributed by atoms with E-state index in [-0.39, 0.29) is 0 Å². The zero-order chi connectivity index (χ0) is 6.69. The molecule has 0 amide bonds. The number of rotatable bonds is 2. The van der Waals surface area contributed by atoms with Gasteiger partial charge in [-0.1, -0.05) is 13.3 Å². The topological polar surface area (TPSA) is 12.4 Å². The van der Waals surface area contributed by atoms with Crippen LogP contribution in [-0.2, 0) is 0 Å². The molecule has 0 bridgehead atoms. The molecule has 1 atom stereocenters. The molecule has 1 rings (SSSR count). The van der Waals surface area contributed by atoms with Gasteiger partial charge in [0.1, 0.15) is 0 Å². The fourth-order valence-corrected chi connectivity index (χ4v) is 2.00. The molecule has 0 saturated heterocycles. The molecule has 1 heterocycles. The molecule has 0 aromatic rings. The van der Waals surface area contributed by atoms with Crippen molar-refractivity contribution in [2.45, 2.75) is 32.7 Å².